The Labute approximate surface area is 140 Å². The highest BCUT2D eigenvalue weighted by Crippen LogP contribution is 2.39. The summed E-state index contributed by atoms with van der Waals surface area (Å²) < 4.78 is 26.7. The zero-order valence-corrected chi connectivity index (χ0v) is 14.2. The van der Waals surface area contributed by atoms with Crippen LogP contribution in [0.5, 0.6) is 0 Å². The summed E-state index contributed by atoms with van der Waals surface area (Å²) in [6.07, 6.45) is 0.451. The van der Waals surface area contributed by atoms with Crippen LogP contribution < -0.4 is 5.32 Å². The number of rotatable bonds is 4. The predicted octanol–water partition coefficient (Wildman–Crippen LogP) is 2.81. The quantitative estimate of drug-likeness (QED) is 0.768. The van der Waals surface area contributed by atoms with Crippen LogP contribution in [-0.2, 0) is 16.2 Å². The Morgan fingerprint density at radius 2 is 2.23 bits per heavy atom. The van der Waals surface area contributed by atoms with Gasteiger partial charge in [-0.1, -0.05) is 29.8 Å². The lowest BCUT2D eigenvalue weighted by Gasteiger charge is -2.22. The van der Waals surface area contributed by atoms with Crippen molar-refractivity contribution in [3.8, 4) is 0 Å². The van der Waals surface area contributed by atoms with E-state index >= 15 is 0 Å². The lowest BCUT2D eigenvalue weighted by Crippen LogP contribution is -2.43. The number of nitrogens with zero attached hydrogens (tertiary/aromatic N) is 1. The first-order valence-corrected chi connectivity index (χ1v) is 7.91. The molecule has 2 atom stereocenters. The Kier molecular flexibility index (Phi) is 5.42. The molecule has 1 aliphatic rings. The van der Waals surface area contributed by atoms with E-state index in [-0.39, 0.29) is 23.0 Å². The number of hydrogen-bond acceptors (Lipinski definition) is 3. The van der Waals surface area contributed by atoms with Crippen molar-refractivity contribution in [1.82, 2.24) is 10.2 Å². The van der Waals surface area contributed by atoms with Crippen molar-refractivity contribution < 1.29 is 18.7 Å². The van der Waals surface area contributed by atoms with Crippen LogP contribution in [0.4, 0.5) is 8.78 Å². The lowest BCUT2D eigenvalue weighted by molar-refractivity contribution is -0.127. The molecule has 1 aliphatic heterocycles. The number of carbonyl (C=O) groups is 1. The molecular formula is C14H16BrClF2N2O2. The molecular weight excluding hydrogens is 382 g/mol. The molecule has 0 radical (unpaired) electrons. The topological polar surface area (TPSA) is 52.6 Å². The molecule has 1 heterocycles. The summed E-state index contributed by atoms with van der Waals surface area (Å²) in [7, 11) is 1.67. The Morgan fingerprint density at radius 1 is 1.55 bits per heavy atom. The second-order valence-electron chi connectivity index (χ2n) is 5.23. The van der Waals surface area contributed by atoms with Crippen LogP contribution in [0.2, 0.25) is 5.02 Å². The molecule has 0 saturated carbocycles. The molecule has 0 aliphatic carbocycles. The SMILES string of the molecule is CN1C(O)CCC1C(=O)NCc1cccc(C(F)(F)Br)c1Cl. The van der Waals surface area contributed by atoms with Crippen molar-refractivity contribution in [3.63, 3.8) is 0 Å². The number of aliphatic hydroxyl groups is 1. The molecule has 1 saturated heterocycles. The summed E-state index contributed by atoms with van der Waals surface area (Å²) in [6.45, 7) is 0.0506. The third-order valence-electron chi connectivity index (χ3n) is 3.80. The highest BCUT2D eigenvalue weighted by atomic mass is 79.9. The second kappa shape index (κ2) is 6.78. The number of nitrogens with one attached hydrogen (secondary N) is 1. The van der Waals surface area contributed by atoms with Gasteiger partial charge in [0, 0.05) is 6.54 Å². The van der Waals surface area contributed by atoms with Crippen molar-refractivity contribution in [2.45, 2.75) is 36.5 Å². The minimum Gasteiger partial charge on any atom is -0.378 e. The van der Waals surface area contributed by atoms with E-state index in [1.807, 2.05) is 0 Å². The smallest absolute Gasteiger partial charge is 0.328 e. The van der Waals surface area contributed by atoms with Gasteiger partial charge in [-0.15, -0.1) is 0 Å². The van der Waals surface area contributed by atoms with Gasteiger partial charge in [0.1, 0.15) is 6.23 Å². The highest BCUT2D eigenvalue weighted by molar-refractivity contribution is 9.09. The average molecular weight is 398 g/mol. The molecule has 2 rings (SSSR count). The maximum atomic E-state index is 13.3. The summed E-state index contributed by atoms with van der Waals surface area (Å²) in [4.78, 5) is 10.5. The number of likely N-dealkylation sites (tertiary alicyclic amines) is 1. The van der Waals surface area contributed by atoms with E-state index in [2.05, 4.69) is 21.2 Å². The van der Waals surface area contributed by atoms with Crippen LogP contribution in [0.25, 0.3) is 0 Å². The minimum absolute atomic E-state index is 0.0506. The number of alkyl halides is 3. The maximum Gasteiger partial charge on any atom is 0.328 e. The number of hydrogen-bond donors (Lipinski definition) is 2. The standard InChI is InChI=1S/C14H16BrClF2N2O2/c1-20-10(5-6-11(20)21)13(22)19-7-8-3-2-4-9(12(8)16)14(15,17)18/h2-4,10-11,21H,5-7H2,1H3,(H,19,22). The van der Waals surface area contributed by atoms with Crippen LogP contribution in [0, 0.1) is 0 Å². The van der Waals surface area contributed by atoms with Gasteiger partial charge in [-0.05, 0) is 41.4 Å². The van der Waals surface area contributed by atoms with E-state index in [4.69, 9.17) is 11.6 Å². The molecule has 1 amide bonds. The van der Waals surface area contributed by atoms with Gasteiger partial charge in [-0.25, -0.2) is 0 Å². The Balaban J connectivity index is 2.05. The summed E-state index contributed by atoms with van der Waals surface area (Å²) in [5.41, 5.74) is 0.0714. The molecule has 1 aromatic rings. The molecule has 1 aromatic carbocycles. The molecule has 1 fully saturated rings. The average Bonchev–Trinajstić information content (AvgIpc) is 2.76. The molecule has 122 valence electrons. The first kappa shape index (κ1) is 17.6. The highest BCUT2D eigenvalue weighted by Gasteiger charge is 2.34. The van der Waals surface area contributed by atoms with Crippen molar-refractivity contribution in [1.29, 1.82) is 0 Å². The normalized spacial score (nSPS) is 22.8. The fourth-order valence-corrected chi connectivity index (χ4v) is 3.23. The van der Waals surface area contributed by atoms with Crippen LogP contribution >= 0.6 is 27.5 Å². The van der Waals surface area contributed by atoms with Gasteiger partial charge in [-0.2, -0.15) is 8.78 Å². The summed E-state index contributed by atoms with van der Waals surface area (Å²) in [5.74, 6) is -0.258. The largest absolute Gasteiger partial charge is 0.378 e. The maximum absolute atomic E-state index is 13.3. The molecule has 22 heavy (non-hydrogen) atoms. The van der Waals surface area contributed by atoms with Crippen molar-refractivity contribution in [2.75, 3.05) is 7.05 Å². The zero-order valence-electron chi connectivity index (χ0n) is 11.8. The Morgan fingerprint density at radius 3 is 2.77 bits per heavy atom. The third-order valence-corrected chi connectivity index (χ3v) is 4.67. The van der Waals surface area contributed by atoms with Gasteiger partial charge in [0.15, 0.2) is 0 Å². The van der Waals surface area contributed by atoms with E-state index in [0.29, 0.717) is 18.4 Å². The first-order chi connectivity index (χ1) is 10.2. The fraction of sp³-hybridized carbons (Fsp3) is 0.500. The van der Waals surface area contributed by atoms with Crippen LogP contribution in [0.15, 0.2) is 18.2 Å². The fourth-order valence-electron chi connectivity index (χ4n) is 2.47. The second-order valence-corrected chi connectivity index (χ2v) is 6.61. The number of aliphatic hydroxyl groups excluding tert-OH is 1. The minimum atomic E-state index is -3.22. The van der Waals surface area contributed by atoms with Gasteiger partial charge < -0.3 is 10.4 Å². The molecule has 8 heteroatoms. The number of benzene rings is 1. The number of halogens is 4. The number of amides is 1. The first-order valence-electron chi connectivity index (χ1n) is 6.74. The summed E-state index contributed by atoms with van der Waals surface area (Å²) in [5, 5.41) is 12.2. The van der Waals surface area contributed by atoms with Gasteiger partial charge in [-0.3, -0.25) is 9.69 Å². The van der Waals surface area contributed by atoms with Crippen LogP contribution in [-0.4, -0.2) is 35.2 Å². The molecule has 2 unspecified atom stereocenters. The summed E-state index contributed by atoms with van der Waals surface area (Å²) in [6, 6.07) is 3.85. The number of likely N-dealkylation sites (N-methyl/N-ethyl adjacent to an activating group) is 1. The molecule has 2 N–H and O–H groups in total. The molecule has 0 aromatic heterocycles. The monoisotopic (exact) mass is 396 g/mol. The Hall–Kier alpha value is -0.760. The van der Waals surface area contributed by atoms with Crippen LogP contribution in [0.1, 0.15) is 24.0 Å². The lowest BCUT2D eigenvalue weighted by atomic mass is 10.1. The molecule has 4 nitrogen and oxygen atoms in total. The van der Waals surface area contributed by atoms with E-state index in [9.17, 15) is 18.7 Å². The van der Waals surface area contributed by atoms with Gasteiger partial charge in [0.2, 0.25) is 5.91 Å². The van der Waals surface area contributed by atoms with Gasteiger partial charge >= 0.3 is 4.83 Å². The van der Waals surface area contributed by atoms with Gasteiger partial charge in [0.05, 0.1) is 16.6 Å². The molecule has 0 bridgehead atoms. The van der Waals surface area contributed by atoms with Crippen molar-refractivity contribution in [2.24, 2.45) is 0 Å². The summed E-state index contributed by atoms with van der Waals surface area (Å²) >= 11 is 8.26. The van der Waals surface area contributed by atoms with Gasteiger partial charge in [0.25, 0.3) is 0 Å². The predicted molar refractivity (Wildman–Crippen MR) is 82.9 cm³/mol. The number of carbonyl (C=O) groups excluding carboxylic acids is 1. The molecule has 0 spiro atoms. The van der Waals surface area contributed by atoms with E-state index < -0.39 is 17.1 Å². The van der Waals surface area contributed by atoms with Crippen LogP contribution in [0.3, 0.4) is 0 Å². The zero-order chi connectivity index (χ0) is 16.5. The van der Waals surface area contributed by atoms with E-state index in [0.717, 1.165) is 0 Å². The van der Waals surface area contributed by atoms with Crippen molar-refractivity contribution in [3.05, 3.63) is 34.3 Å². The third kappa shape index (κ3) is 3.76. The van der Waals surface area contributed by atoms with E-state index in [1.165, 1.54) is 12.1 Å². The van der Waals surface area contributed by atoms with E-state index in [1.54, 1.807) is 18.0 Å². The Bertz CT molecular complexity index is 568. The van der Waals surface area contributed by atoms with Crippen molar-refractivity contribution >= 4 is 33.4 Å².